The van der Waals surface area contributed by atoms with Gasteiger partial charge in [0.25, 0.3) is 0 Å². The monoisotopic (exact) mass is 283 g/mol. The molecule has 4 nitrogen and oxygen atoms in total. The summed E-state index contributed by atoms with van der Waals surface area (Å²) in [6, 6.07) is 5.36. The Bertz CT molecular complexity index is 402. The molecule has 1 aliphatic rings. The first kappa shape index (κ1) is 11.3. The van der Waals surface area contributed by atoms with E-state index in [0.29, 0.717) is 11.4 Å². The van der Waals surface area contributed by atoms with E-state index in [1.54, 1.807) is 11.0 Å². The quantitative estimate of drug-likeness (QED) is 0.779. The van der Waals surface area contributed by atoms with Gasteiger partial charge in [0.1, 0.15) is 0 Å². The van der Waals surface area contributed by atoms with Gasteiger partial charge >= 0.3 is 6.03 Å². The molecule has 1 aliphatic heterocycles. The second-order valence-corrected chi connectivity index (χ2v) is 4.77. The fourth-order valence-electron chi connectivity index (χ4n) is 1.75. The number of carbonyl (C=O) groups is 1. The molecule has 2 rings (SSSR count). The Morgan fingerprint density at radius 2 is 2.06 bits per heavy atom. The van der Waals surface area contributed by atoms with Crippen LogP contribution in [-0.2, 0) is 0 Å². The Kier molecular flexibility index (Phi) is 3.33. The van der Waals surface area contributed by atoms with Crippen molar-refractivity contribution in [2.75, 3.05) is 24.1 Å². The van der Waals surface area contributed by atoms with Crippen LogP contribution in [0.1, 0.15) is 12.8 Å². The highest BCUT2D eigenvalue weighted by Gasteiger charge is 2.18. The first-order valence-electron chi connectivity index (χ1n) is 5.28. The van der Waals surface area contributed by atoms with Crippen LogP contribution < -0.4 is 11.1 Å². The molecule has 3 N–H and O–H groups in total. The third-order valence-electron chi connectivity index (χ3n) is 2.65. The van der Waals surface area contributed by atoms with E-state index in [4.69, 9.17) is 5.73 Å². The summed E-state index contributed by atoms with van der Waals surface area (Å²) in [5.41, 5.74) is 7.02. The Morgan fingerprint density at radius 1 is 1.38 bits per heavy atom. The van der Waals surface area contributed by atoms with Crippen LogP contribution in [0.4, 0.5) is 16.2 Å². The highest BCUT2D eigenvalue weighted by atomic mass is 79.9. The molecule has 1 aromatic carbocycles. The number of rotatable bonds is 1. The van der Waals surface area contributed by atoms with Crippen LogP contribution in [0.5, 0.6) is 0 Å². The molecule has 1 heterocycles. The van der Waals surface area contributed by atoms with E-state index in [2.05, 4.69) is 21.2 Å². The fourth-order valence-corrected chi connectivity index (χ4v) is 2.11. The molecule has 16 heavy (non-hydrogen) atoms. The predicted molar refractivity (Wildman–Crippen MR) is 68.4 cm³/mol. The largest absolute Gasteiger partial charge is 0.397 e. The van der Waals surface area contributed by atoms with Gasteiger partial charge in [-0.05, 0) is 31.0 Å². The lowest BCUT2D eigenvalue weighted by Crippen LogP contribution is -2.32. The van der Waals surface area contributed by atoms with Crippen molar-refractivity contribution in [3.63, 3.8) is 0 Å². The number of halogens is 1. The van der Waals surface area contributed by atoms with Gasteiger partial charge in [-0.1, -0.05) is 15.9 Å². The summed E-state index contributed by atoms with van der Waals surface area (Å²) in [4.78, 5) is 13.6. The molecule has 1 aromatic rings. The lowest BCUT2D eigenvalue weighted by Gasteiger charge is -2.17. The summed E-state index contributed by atoms with van der Waals surface area (Å²) < 4.78 is 0.901. The van der Waals surface area contributed by atoms with Gasteiger partial charge in [-0.25, -0.2) is 4.79 Å². The van der Waals surface area contributed by atoms with Crippen LogP contribution in [0.3, 0.4) is 0 Å². The standard InChI is InChI=1S/C11H14BrN3O/c12-8-3-4-9(13)10(7-8)14-11(16)15-5-1-2-6-15/h3-4,7H,1-2,5-6,13H2,(H,14,16). The van der Waals surface area contributed by atoms with Crippen LogP contribution >= 0.6 is 15.9 Å². The highest BCUT2D eigenvalue weighted by Crippen LogP contribution is 2.24. The average Bonchev–Trinajstić information content (AvgIpc) is 2.76. The zero-order valence-electron chi connectivity index (χ0n) is 8.87. The molecule has 0 radical (unpaired) electrons. The van der Waals surface area contributed by atoms with E-state index in [9.17, 15) is 4.79 Å². The number of hydrogen-bond acceptors (Lipinski definition) is 2. The normalized spacial score (nSPS) is 15.2. The fraction of sp³-hybridized carbons (Fsp3) is 0.364. The third kappa shape index (κ3) is 2.47. The van der Waals surface area contributed by atoms with E-state index in [1.807, 2.05) is 12.1 Å². The van der Waals surface area contributed by atoms with Gasteiger partial charge < -0.3 is 16.0 Å². The van der Waals surface area contributed by atoms with Crippen LogP contribution in [0, 0.1) is 0 Å². The number of anilines is 2. The predicted octanol–water partition coefficient (Wildman–Crippen LogP) is 2.66. The number of benzene rings is 1. The minimum Gasteiger partial charge on any atom is -0.397 e. The van der Waals surface area contributed by atoms with Crippen molar-refractivity contribution in [3.05, 3.63) is 22.7 Å². The van der Waals surface area contributed by atoms with Gasteiger partial charge in [0.2, 0.25) is 0 Å². The SMILES string of the molecule is Nc1ccc(Br)cc1NC(=O)N1CCCC1. The lowest BCUT2D eigenvalue weighted by atomic mass is 10.3. The molecule has 0 atom stereocenters. The highest BCUT2D eigenvalue weighted by molar-refractivity contribution is 9.10. The molecule has 0 bridgehead atoms. The molecule has 86 valence electrons. The number of nitrogens with one attached hydrogen (secondary N) is 1. The Morgan fingerprint density at radius 3 is 2.75 bits per heavy atom. The Labute approximate surface area is 103 Å². The molecule has 1 saturated heterocycles. The number of nitrogens with two attached hydrogens (primary N) is 1. The minimum atomic E-state index is -0.0673. The molecule has 2 amide bonds. The molecule has 0 aromatic heterocycles. The van der Waals surface area contributed by atoms with Crippen LogP contribution in [0.25, 0.3) is 0 Å². The minimum absolute atomic E-state index is 0.0673. The third-order valence-corrected chi connectivity index (χ3v) is 3.14. The van der Waals surface area contributed by atoms with Crippen LogP contribution in [0.15, 0.2) is 22.7 Å². The van der Waals surface area contributed by atoms with E-state index in [0.717, 1.165) is 30.4 Å². The van der Waals surface area contributed by atoms with E-state index in [-0.39, 0.29) is 6.03 Å². The van der Waals surface area contributed by atoms with Crippen LogP contribution in [-0.4, -0.2) is 24.0 Å². The van der Waals surface area contributed by atoms with Gasteiger partial charge in [0.15, 0.2) is 0 Å². The smallest absolute Gasteiger partial charge is 0.321 e. The van der Waals surface area contributed by atoms with Gasteiger partial charge in [0, 0.05) is 17.6 Å². The lowest BCUT2D eigenvalue weighted by molar-refractivity contribution is 0.222. The molecule has 0 aliphatic carbocycles. The summed E-state index contributed by atoms with van der Waals surface area (Å²) in [5, 5.41) is 2.82. The molecular weight excluding hydrogens is 270 g/mol. The first-order chi connectivity index (χ1) is 7.66. The number of hydrogen-bond donors (Lipinski definition) is 2. The molecule has 1 fully saturated rings. The maximum Gasteiger partial charge on any atom is 0.321 e. The van der Waals surface area contributed by atoms with Gasteiger partial charge in [-0.15, -0.1) is 0 Å². The van der Waals surface area contributed by atoms with Gasteiger partial charge in [-0.2, -0.15) is 0 Å². The van der Waals surface area contributed by atoms with E-state index < -0.39 is 0 Å². The second kappa shape index (κ2) is 4.74. The van der Waals surface area contributed by atoms with Gasteiger partial charge in [-0.3, -0.25) is 0 Å². The molecule has 5 heteroatoms. The average molecular weight is 284 g/mol. The van der Waals surface area contributed by atoms with Crippen molar-refractivity contribution >= 4 is 33.3 Å². The molecule has 0 saturated carbocycles. The van der Waals surface area contributed by atoms with E-state index in [1.165, 1.54) is 0 Å². The van der Waals surface area contributed by atoms with Crippen molar-refractivity contribution in [1.82, 2.24) is 4.90 Å². The van der Waals surface area contributed by atoms with E-state index >= 15 is 0 Å². The number of nitrogens with zero attached hydrogens (tertiary/aromatic N) is 1. The second-order valence-electron chi connectivity index (χ2n) is 3.86. The van der Waals surface area contributed by atoms with Crippen molar-refractivity contribution in [2.24, 2.45) is 0 Å². The van der Waals surface area contributed by atoms with Crippen molar-refractivity contribution < 1.29 is 4.79 Å². The van der Waals surface area contributed by atoms with Crippen molar-refractivity contribution in [2.45, 2.75) is 12.8 Å². The zero-order chi connectivity index (χ0) is 11.5. The number of amides is 2. The summed E-state index contributed by atoms with van der Waals surface area (Å²) in [6.45, 7) is 1.67. The zero-order valence-corrected chi connectivity index (χ0v) is 10.5. The number of nitrogen functional groups attached to an aromatic ring is 1. The summed E-state index contributed by atoms with van der Waals surface area (Å²) in [6.07, 6.45) is 2.17. The van der Waals surface area contributed by atoms with Crippen molar-refractivity contribution in [3.8, 4) is 0 Å². The summed E-state index contributed by atoms with van der Waals surface area (Å²) in [5.74, 6) is 0. The van der Waals surface area contributed by atoms with Crippen LogP contribution in [0.2, 0.25) is 0 Å². The topological polar surface area (TPSA) is 58.4 Å². The van der Waals surface area contributed by atoms with Crippen molar-refractivity contribution in [1.29, 1.82) is 0 Å². The first-order valence-corrected chi connectivity index (χ1v) is 6.07. The van der Waals surface area contributed by atoms with Gasteiger partial charge in [0.05, 0.1) is 11.4 Å². The maximum absolute atomic E-state index is 11.8. The molecule has 0 unspecified atom stereocenters. The molecule has 0 spiro atoms. The number of urea groups is 1. The Balaban J connectivity index is 2.07. The Hall–Kier alpha value is -1.23. The summed E-state index contributed by atoms with van der Waals surface area (Å²) in [7, 11) is 0. The molecular formula is C11H14BrN3O. The number of likely N-dealkylation sites (tertiary alicyclic amines) is 1. The number of carbonyl (C=O) groups excluding carboxylic acids is 1. The summed E-state index contributed by atoms with van der Waals surface area (Å²) >= 11 is 3.35. The maximum atomic E-state index is 11.8.